The lowest BCUT2D eigenvalue weighted by Crippen LogP contribution is -2.34. The van der Waals surface area contributed by atoms with Gasteiger partial charge >= 0.3 is 0 Å². The number of thiazole rings is 1. The summed E-state index contributed by atoms with van der Waals surface area (Å²) in [5.74, 6) is 2.51. The lowest BCUT2D eigenvalue weighted by atomic mass is 9.98. The van der Waals surface area contributed by atoms with E-state index in [0.717, 1.165) is 48.3 Å². The van der Waals surface area contributed by atoms with Crippen molar-refractivity contribution in [2.24, 2.45) is 0 Å². The van der Waals surface area contributed by atoms with Crippen molar-refractivity contribution in [2.45, 2.75) is 25.0 Å². The fourth-order valence-electron chi connectivity index (χ4n) is 3.66. The molecule has 32 heavy (non-hydrogen) atoms. The standard InChI is InChI=1S/C21H22N8O2S/c1-30-17-11-22-21(23-12-17)28-9-7-15(8-10-28)19-25-18(13-32-19)20(29-14-24-26-27-29)31-16-5-3-2-4-6-16/h2-6,11-15,20H,7-10H2,1H3. The molecule has 0 spiro atoms. The Labute approximate surface area is 188 Å². The Kier molecular flexibility index (Phi) is 5.88. The van der Waals surface area contributed by atoms with Crippen molar-refractivity contribution in [3.05, 3.63) is 65.1 Å². The molecule has 5 rings (SSSR count). The summed E-state index contributed by atoms with van der Waals surface area (Å²) >= 11 is 1.65. The van der Waals surface area contributed by atoms with E-state index in [0.29, 0.717) is 11.7 Å². The van der Waals surface area contributed by atoms with Gasteiger partial charge in [0.2, 0.25) is 12.2 Å². The van der Waals surface area contributed by atoms with E-state index in [4.69, 9.17) is 14.5 Å². The monoisotopic (exact) mass is 450 g/mol. The average molecular weight is 451 g/mol. The van der Waals surface area contributed by atoms with Crippen LogP contribution in [0.25, 0.3) is 0 Å². The van der Waals surface area contributed by atoms with Crippen LogP contribution in [-0.4, -0.2) is 55.4 Å². The van der Waals surface area contributed by atoms with E-state index in [1.807, 2.05) is 35.7 Å². The van der Waals surface area contributed by atoms with E-state index >= 15 is 0 Å². The first-order chi connectivity index (χ1) is 15.8. The zero-order chi connectivity index (χ0) is 21.8. The second kappa shape index (κ2) is 9.27. The molecule has 0 N–H and O–H groups in total. The van der Waals surface area contributed by atoms with Gasteiger partial charge in [-0.2, -0.15) is 4.68 Å². The highest BCUT2D eigenvalue weighted by molar-refractivity contribution is 7.09. The SMILES string of the molecule is COc1cnc(N2CCC(c3nc(C(Oc4ccccc4)n4cnnn4)cs3)CC2)nc1. The van der Waals surface area contributed by atoms with Crippen molar-refractivity contribution in [3.63, 3.8) is 0 Å². The van der Waals surface area contributed by atoms with Crippen LogP contribution in [0.3, 0.4) is 0 Å². The summed E-state index contributed by atoms with van der Waals surface area (Å²) in [5, 5.41) is 14.7. The van der Waals surface area contributed by atoms with Gasteiger partial charge in [0.25, 0.3) is 0 Å². The molecule has 0 saturated carbocycles. The van der Waals surface area contributed by atoms with E-state index in [1.54, 1.807) is 41.8 Å². The van der Waals surface area contributed by atoms with E-state index in [-0.39, 0.29) is 0 Å². The van der Waals surface area contributed by atoms with Gasteiger partial charge in [-0.1, -0.05) is 18.2 Å². The number of piperidine rings is 1. The molecule has 1 aromatic carbocycles. The highest BCUT2D eigenvalue weighted by Crippen LogP contribution is 2.33. The maximum atomic E-state index is 6.17. The van der Waals surface area contributed by atoms with Crippen LogP contribution in [0.4, 0.5) is 5.95 Å². The number of ether oxygens (including phenoxy) is 2. The minimum Gasteiger partial charge on any atom is -0.494 e. The third kappa shape index (κ3) is 4.37. The number of aromatic nitrogens is 7. The Bertz CT molecular complexity index is 1110. The average Bonchev–Trinajstić information content (AvgIpc) is 3.56. The minimum absolute atomic E-state index is 0.384. The first-order valence-corrected chi connectivity index (χ1v) is 11.2. The second-order valence-electron chi connectivity index (χ2n) is 7.37. The molecule has 3 aromatic heterocycles. The van der Waals surface area contributed by atoms with Gasteiger partial charge in [-0.25, -0.2) is 15.0 Å². The quantitative estimate of drug-likeness (QED) is 0.420. The van der Waals surface area contributed by atoms with E-state index in [1.165, 1.54) is 0 Å². The smallest absolute Gasteiger partial charge is 0.238 e. The van der Waals surface area contributed by atoms with Crippen LogP contribution in [0.5, 0.6) is 11.5 Å². The fraction of sp³-hybridized carbons (Fsp3) is 0.333. The molecule has 0 radical (unpaired) electrons. The van der Waals surface area contributed by atoms with Gasteiger partial charge in [0.1, 0.15) is 17.8 Å². The van der Waals surface area contributed by atoms with Crippen LogP contribution in [-0.2, 0) is 0 Å². The largest absolute Gasteiger partial charge is 0.494 e. The third-order valence-corrected chi connectivity index (χ3v) is 6.39. The normalized spacial score (nSPS) is 15.5. The van der Waals surface area contributed by atoms with Gasteiger partial charge in [-0.05, 0) is 35.4 Å². The molecule has 11 heteroatoms. The molecule has 1 unspecified atom stereocenters. The summed E-state index contributed by atoms with van der Waals surface area (Å²) in [6, 6.07) is 9.61. The van der Waals surface area contributed by atoms with Crippen LogP contribution >= 0.6 is 11.3 Å². The van der Waals surface area contributed by atoms with Crippen LogP contribution in [0.2, 0.25) is 0 Å². The van der Waals surface area contributed by atoms with Crippen LogP contribution in [0, 0.1) is 0 Å². The predicted molar refractivity (Wildman–Crippen MR) is 118 cm³/mol. The number of hydrogen-bond acceptors (Lipinski definition) is 10. The molecule has 1 fully saturated rings. The van der Waals surface area contributed by atoms with Crippen molar-refractivity contribution in [1.82, 2.24) is 35.2 Å². The number of rotatable bonds is 7. The van der Waals surface area contributed by atoms with Gasteiger partial charge in [0.15, 0.2) is 5.75 Å². The molecule has 0 aliphatic carbocycles. The zero-order valence-electron chi connectivity index (χ0n) is 17.5. The Hall–Kier alpha value is -3.60. The van der Waals surface area contributed by atoms with Gasteiger partial charge in [0.05, 0.1) is 24.5 Å². The molecule has 1 atom stereocenters. The van der Waals surface area contributed by atoms with Crippen molar-refractivity contribution in [2.75, 3.05) is 25.1 Å². The van der Waals surface area contributed by atoms with Crippen molar-refractivity contribution in [1.29, 1.82) is 0 Å². The van der Waals surface area contributed by atoms with Gasteiger partial charge < -0.3 is 14.4 Å². The maximum Gasteiger partial charge on any atom is 0.238 e. The number of tetrazole rings is 1. The third-order valence-electron chi connectivity index (χ3n) is 5.37. The van der Waals surface area contributed by atoms with Crippen LogP contribution in [0.15, 0.2) is 54.4 Å². The van der Waals surface area contributed by atoms with Gasteiger partial charge in [-0.15, -0.1) is 16.4 Å². The number of para-hydroxylation sites is 1. The second-order valence-corrected chi connectivity index (χ2v) is 8.26. The molecule has 4 heterocycles. The molecule has 1 aliphatic rings. The number of nitrogens with zero attached hydrogens (tertiary/aromatic N) is 8. The summed E-state index contributed by atoms with van der Waals surface area (Å²) in [5.41, 5.74) is 0.794. The van der Waals surface area contributed by atoms with E-state index in [2.05, 4.69) is 30.4 Å². The number of hydrogen-bond donors (Lipinski definition) is 0. The maximum absolute atomic E-state index is 6.17. The predicted octanol–water partition coefficient (Wildman–Crippen LogP) is 2.94. The van der Waals surface area contributed by atoms with Crippen molar-refractivity contribution >= 4 is 17.3 Å². The zero-order valence-corrected chi connectivity index (χ0v) is 18.3. The number of methoxy groups -OCH3 is 1. The molecule has 10 nitrogen and oxygen atoms in total. The van der Waals surface area contributed by atoms with E-state index in [9.17, 15) is 0 Å². The molecule has 1 aliphatic heterocycles. The summed E-state index contributed by atoms with van der Waals surface area (Å²) < 4.78 is 12.9. The Morgan fingerprint density at radius 3 is 2.53 bits per heavy atom. The molecule has 0 amide bonds. The van der Waals surface area contributed by atoms with Gasteiger partial charge in [-0.3, -0.25) is 0 Å². The highest BCUT2D eigenvalue weighted by Gasteiger charge is 2.27. The summed E-state index contributed by atoms with van der Waals surface area (Å²) in [6.45, 7) is 1.76. The fourth-order valence-corrected chi connectivity index (χ4v) is 4.66. The molecule has 164 valence electrons. The first-order valence-electron chi connectivity index (χ1n) is 10.3. The van der Waals surface area contributed by atoms with Gasteiger partial charge in [0, 0.05) is 24.4 Å². The van der Waals surface area contributed by atoms with Crippen molar-refractivity contribution < 1.29 is 9.47 Å². The Morgan fingerprint density at radius 2 is 1.84 bits per heavy atom. The summed E-state index contributed by atoms with van der Waals surface area (Å²) in [7, 11) is 1.61. The van der Waals surface area contributed by atoms with Crippen LogP contribution in [0.1, 0.15) is 35.7 Å². The lowest BCUT2D eigenvalue weighted by Gasteiger charge is -2.31. The first kappa shape index (κ1) is 20.3. The highest BCUT2D eigenvalue weighted by atomic mass is 32.1. The van der Waals surface area contributed by atoms with E-state index < -0.39 is 6.23 Å². The number of benzene rings is 1. The molecular formula is C21H22N8O2S. The lowest BCUT2D eigenvalue weighted by molar-refractivity contribution is 0.152. The minimum atomic E-state index is -0.523. The topological polar surface area (TPSA) is 104 Å². The Balaban J connectivity index is 1.28. The molecular weight excluding hydrogens is 428 g/mol. The molecule has 1 saturated heterocycles. The molecule has 4 aromatic rings. The summed E-state index contributed by atoms with van der Waals surface area (Å²) in [4.78, 5) is 15.9. The molecule has 0 bridgehead atoms. The Morgan fingerprint density at radius 1 is 1.06 bits per heavy atom. The van der Waals surface area contributed by atoms with Crippen molar-refractivity contribution in [3.8, 4) is 11.5 Å². The van der Waals surface area contributed by atoms with Crippen LogP contribution < -0.4 is 14.4 Å². The number of anilines is 1. The summed E-state index contributed by atoms with van der Waals surface area (Å²) in [6.07, 6.45) is 6.39.